The Hall–Kier alpha value is -4.36. The van der Waals surface area contributed by atoms with Crippen molar-refractivity contribution < 1.29 is 90.5 Å². The third kappa shape index (κ3) is 12.1. The molecule has 47 heavy (non-hydrogen) atoms. The molecule has 2 heterocycles. The normalized spacial score (nSPS) is 30.0. The predicted molar refractivity (Wildman–Crippen MR) is 145 cm³/mol. The molecule has 2 fully saturated rings. The molecule has 10 atom stereocenters. The fourth-order valence-electron chi connectivity index (χ4n) is 4.73. The van der Waals surface area contributed by atoms with Gasteiger partial charge in [0, 0.05) is 55.4 Å². The number of esters is 8. The molecule has 2 aliphatic heterocycles. The van der Waals surface area contributed by atoms with Crippen LogP contribution < -0.4 is 0 Å². The first-order chi connectivity index (χ1) is 21.9. The molecule has 0 aromatic rings. The number of rotatable bonds is 12. The largest absolute Gasteiger partial charge is 0.463 e. The van der Waals surface area contributed by atoms with E-state index in [0.717, 1.165) is 55.4 Å². The standard InChI is InChI=1S/C28H38O19/c1-11(29)37-9-19-21(39-13(3)31)23(40-14(4)32)26(43-17(7)35)28(46-19)47-22-20(10-38-12(2)30)45-27(44-18(8)36)25(42-16(6)34)24(22)41-15(5)33/h19-28H,9-10H2,1-8H3/t19?,20?,21-,22+,23-,24+,25?,26?,27+,28-/m0/s1. The number of carbonyl (C=O) groups is 8. The quantitative estimate of drug-likeness (QED) is 0.181. The molecule has 19 heteroatoms. The maximum atomic E-state index is 12.3. The maximum Gasteiger partial charge on any atom is 0.305 e. The monoisotopic (exact) mass is 678 g/mol. The highest BCUT2D eigenvalue weighted by Crippen LogP contribution is 2.35. The van der Waals surface area contributed by atoms with Gasteiger partial charge in [-0.15, -0.1) is 0 Å². The second kappa shape index (κ2) is 17.5. The summed E-state index contributed by atoms with van der Waals surface area (Å²) in [4.78, 5) is 96.3. The summed E-state index contributed by atoms with van der Waals surface area (Å²) in [6.07, 6.45) is -16.3. The summed E-state index contributed by atoms with van der Waals surface area (Å²) in [5.74, 6) is -7.02. The number of ether oxygens (including phenoxy) is 11. The topological polar surface area (TPSA) is 238 Å². The van der Waals surface area contributed by atoms with Gasteiger partial charge in [0.05, 0.1) is 0 Å². The fraction of sp³-hybridized carbons (Fsp3) is 0.714. The average molecular weight is 679 g/mol. The van der Waals surface area contributed by atoms with Gasteiger partial charge in [-0.2, -0.15) is 0 Å². The number of hydrogen-bond acceptors (Lipinski definition) is 19. The summed E-state index contributed by atoms with van der Waals surface area (Å²) in [5, 5.41) is 0. The molecule has 0 aromatic carbocycles. The third-order valence-electron chi connectivity index (χ3n) is 6.17. The minimum absolute atomic E-state index is 0.590. The fourth-order valence-corrected chi connectivity index (χ4v) is 4.73. The highest BCUT2D eigenvalue weighted by molar-refractivity contribution is 5.70. The van der Waals surface area contributed by atoms with Crippen LogP contribution in [-0.4, -0.2) is 122 Å². The summed E-state index contributed by atoms with van der Waals surface area (Å²) >= 11 is 0. The van der Waals surface area contributed by atoms with Gasteiger partial charge in [0.2, 0.25) is 12.4 Å². The summed E-state index contributed by atoms with van der Waals surface area (Å²) < 4.78 is 60.2. The van der Waals surface area contributed by atoms with Crippen LogP contribution in [0.3, 0.4) is 0 Å². The highest BCUT2D eigenvalue weighted by atomic mass is 16.8. The van der Waals surface area contributed by atoms with Gasteiger partial charge in [-0.05, 0) is 0 Å². The smallest absolute Gasteiger partial charge is 0.305 e. The van der Waals surface area contributed by atoms with Crippen LogP contribution in [0.2, 0.25) is 0 Å². The molecule has 2 saturated heterocycles. The Morgan fingerprint density at radius 2 is 0.702 bits per heavy atom. The summed E-state index contributed by atoms with van der Waals surface area (Å²) in [7, 11) is 0. The molecule has 2 rings (SSSR count). The molecule has 4 unspecified atom stereocenters. The van der Waals surface area contributed by atoms with Crippen LogP contribution in [0.4, 0.5) is 0 Å². The molecule has 264 valence electrons. The molecular formula is C28H38O19. The lowest BCUT2D eigenvalue weighted by atomic mass is 9.96. The molecule has 19 nitrogen and oxygen atoms in total. The number of carbonyl (C=O) groups excluding carboxylic acids is 8. The van der Waals surface area contributed by atoms with Gasteiger partial charge >= 0.3 is 47.8 Å². The average Bonchev–Trinajstić information content (AvgIpc) is 2.91. The van der Waals surface area contributed by atoms with Crippen LogP contribution in [0, 0.1) is 0 Å². The zero-order valence-corrected chi connectivity index (χ0v) is 26.9. The molecular weight excluding hydrogens is 640 g/mol. The lowest BCUT2D eigenvalue weighted by Crippen LogP contribution is -2.67. The summed E-state index contributed by atoms with van der Waals surface area (Å²) in [6, 6.07) is 0. The van der Waals surface area contributed by atoms with Crippen molar-refractivity contribution in [1.29, 1.82) is 0 Å². The van der Waals surface area contributed by atoms with Gasteiger partial charge in [-0.3, -0.25) is 38.4 Å². The Balaban J connectivity index is 2.73. The van der Waals surface area contributed by atoms with E-state index in [0.29, 0.717) is 0 Å². The third-order valence-corrected chi connectivity index (χ3v) is 6.17. The van der Waals surface area contributed by atoms with E-state index in [1.165, 1.54) is 0 Å². The van der Waals surface area contributed by atoms with Crippen molar-refractivity contribution in [3.05, 3.63) is 0 Å². The zero-order valence-electron chi connectivity index (χ0n) is 26.9. The van der Waals surface area contributed by atoms with E-state index in [2.05, 4.69) is 0 Å². The van der Waals surface area contributed by atoms with Gasteiger partial charge in [-0.25, -0.2) is 0 Å². The van der Waals surface area contributed by atoms with Gasteiger partial charge < -0.3 is 52.1 Å². The van der Waals surface area contributed by atoms with Gasteiger partial charge in [0.25, 0.3) is 0 Å². The Bertz CT molecular complexity index is 1200. The lowest BCUT2D eigenvalue weighted by molar-refractivity contribution is -0.357. The van der Waals surface area contributed by atoms with Gasteiger partial charge in [0.1, 0.15) is 31.5 Å². The van der Waals surface area contributed by atoms with Crippen molar-refractivity contribution >= 4 is 47.8 Å². The zero-order chi connectivity index (χ0) is 35.6. The first kappa shape index (κ1) is 38.8. The first-order valence-electron chi connectivity index (χ1n) is 14.2. The van der Waals surface area contributed by atoms with E-state index >= 15 is 0 Å². The first-order valence-corrected chi connectivity index (χ1v) is 14.2. The highest BCUT2D eigenvalue weighted by Gasteiger charge is 2.58. The molecule has 0 amide bonds. The Labute approximate surface area is 268 Å². The van der Waals surface area contributed by atoms with Crippen LogP contribution in [0.1, 0.15) is 55.4 Å². The summed E-state index contributed by atoms with van der Waals surface area (Å²) in [5.41, 5.74) is 0. The Morgan fingerprint density at radius 3 is 1.11 bits per heavy atom. The maximum absolute atomic E-state index is 12.3. The van der Waals surface area contributed by atoms with Gasteiger partial charge in [0.15, 0.2) is 30.7 Å². The van der Waals surface area contributed by atoms with Crippen molar-refractivity contribution in [2.75, 3.05) is 13.2 Å². The van der Waals surface area contributed by atoms with Crippen molar-refractivity contribution in [2.24, 2.45) is 0 Å². The van der Waals surface area contributed by atoms with Crippen LogP contribution in [0.5, 0.6) is 0 Å². The molecule has 0 radical (unpaired) electrons. The van der Waals surface area contributed by atoms with Crippen LogP contribution >= 0.6 is 0 Å². The molecule has 2 aliphatic rings. The van der Waals surface area contributed by atoms with Gasteiger partial charge in [-0.1, -0.05) is 0 Å². The van der Waals surface area contributed by atoms with Crippen molar-refractivity contribution in [1.82, 2.24) is 0 Å². The lowest BCUT2D eigenvalue weighted by Gasteiger charge is -2.48. The molecule has 0 bridgehead atoms. The van der Waals surface area contributed by atoms with E-state index in [4.69, 9.17) is 52.1 Å². The van der Waals surface area contributed by atoms with E-state index < -0.39 is 122 Å². The SMILES string of the molecule is CC(=O)OCC1O[C@@H](OC(C)=O)C(OC(C)=O)[C@H](OC(C)=O)[C@@H]1O[C@@H]1OC(COC(C)=O)[C@H](OC(C)=O)[C@H](OC(C)=O)C1OC(C)=O. The summed E-state index contributed by atoms with van der Waals surface area (Å²) in [6.45, 7) is 7.05. The Kier molecular flexibility index (Phi) is 14.5. The Morgan fingerprint density at radius 1 is 0.383 bits per heavy atom. The molecule has 0 saturated carbocycles. The van der Waals surface area contributed by atoms with E-state index in [1.54, 1.807) is 0 Å². The minimum atomic E-state index is -1.83. The van der Waals surface area contributed by atoms with E-state index in [-0.39, 0.29) is 0 Å². The molecule has 0 aliphatic carbocycles. The van der Waals surface area contributed by atoms with Crippen molar-refractivity contribution in [3.8, 4) is 0 Å². The van der Waals surface area contributed by atoms with Crippen molar-refractivity contribution in [2.45, 2.75) is 117 Å². The second-order valence-electron chi connectivity index (χ2n) is 10.3. The van der Waals surface area contributed by atoms with E-state index in [1.807, 2.05) is 0 Å². The molecule has 0 N–H and O–H groups in total. The van der Waals surface area contributed by atoms with Crippen LogP contribution in [0.25, 0.3) is 0 Å². The number of hydrogen-bond donors (Lipinski definition) is 0. The van der Waals surface area contributed by atoms with Crippen molar-refractivity contribution in [3.63, 3.8) is 0 Å². The second-order valence-corrected chi connectivity index (χ2v) is 10.3. The predicted octanol–water partition coefficient (Wildman–Crippen LogP) is -0.831. The van der Waals surface area contributed by atoms with Crippen LogP contribution in [0.15, 0.2) is 0 Å². The van der Waals surface area contributed by atoms with E-state index in [9.17, 15) is 38.4 Å². The molecule has 0 aromatic heterocycles. The molecule has 0 spiro atoms. The minimum Gasteiger partial charge on any atom is -0.463 e. The van der Waals surface area contributed by atoms with Crippen LogP contribution in [-0.2, 0) is 90.5 Å².